The van der Waals surface area contributed by atoms with Crippen LogP contribution >= 0.6 is 15.9 Å². The van der Waals surface area contributed by atoms with Crippen molar-refractivity contribution in [2.24, 2.45) is 0 Å². The zero-order valence-corrected chi connectivity index (χ0v) is 11.1. The van der Waals surface area contributed by atoms with Gasteiger partial charge in [0.1, 0.15) is 0 Å². The van der Waals surface area contributed by atoms with Crippen molar-refractivity contribution in [1.29, 1.82) is 0 Å². The van der Waals surface area contributed by atoms with Crippen molar-refractivity contribution in [2.45, 2.75) is 24.0 Å². The summed E-state index contributed by atoms with van der Waals surface area (Å²) in [5.41, 5.74) is 0. The number of halogens is 1. The molecule has 1 fully saturated rings. The van der Waals surface area contributed by atoms with Gasteiger partial charge >= 0.3 is 0 Å². The molecule has 1 aromatic carbocycles. The van der Waals surface area contributed by atoms with Gasteiger partial charge in [0.25, 0.3) is 0 Å². The molecule has 2 rings (SSSR count). The van der Waals surface area contributed by atoms with Gasteiger partial charge in [0, 0.05) is 10.5 Å². The number of sulfonamides is 1. The lowest BCUT2D eigenvalue weighted by Gasteiger charge is -2.11. The van der Waals surface area contributed by atoms with E-state index in [4.69, 9.17) is 4.74 Å². The molecule has 1 heterocycles. The summed E-state index contributed by atoms with van der Waals surface area (Å²) < 4.78 is 32.3. The minimum absolute atomic E-state index is 0.0187. The molecular weight excluding hydrogens is 294 g/mol. The van der Waals surface area contributed by atoms with Crippen LogP contribution in [0.2, 0.25) is 0 Å². The summed E-state index contributed by atoms with van der Waals surface area (Å²) in [6.07, 6.45) is 0.0187. The smallest absolute Gasteiger partial charge is 0.240 e. The Morgan fingerprint density at radius 1 is 1.44 bits per heavy atom. The minimum atomic E-state index is -3.43. The molecule has 88 valence electrons. The Morgan fingerprint density at radius 2 is 2.00 bits per heavy atom. The summed E-state index contributed by atoms with van der Waals surface area (Å²) in [5.74, 6) is 0. The highest BCUT2D eigenvalue weighted by Gasteiger charge is 2.32. The van der Waals surface area contributed by atoms with Crippen molar-refractivity contribution >= 4 is 26.0 Å². The van der Waals surface area contributed by atoms with Crippen molar-refractivity contribution in [3.8, 4) is 0 Å². The lowest BCUT2D eigenvalue weighted by Crippen LogP contribution is -2.36. The number of nitrogens with one attached hydrogen (secondary N) is 1. The summed E-state index contributed by atoms with van der Waals surface area (Å²) in [6, 6.07) is 6.34. The van der Waals surface area contributed by atoms with E-state index in [0.717, 1.165) is 4.47 Å². The highest BCUT2D eigenvalue weighted by atomic mass is 79.9. The standard InChI is InChI=1S/C10H12BrNO3S/c1-7(10-6-15-10)12-16(13,14)9-4-2-8(11)3-5-9/h2-5,7,10,12H,6H2,1H3. The van der Waals surface area contributed by atoms with Crippen LogP contribution in [-0.2, 0) is 14.8 Å². The Hall–Kier alpha value is -0.430. The first-order chi connectivity index (χ1) is 7.49. The Labute approximate surface area is 103 Å². The largest absolute Gasteiger partial charge is 0.371 e. The van der Waals surface area contributed by atoms with Crippen molar-refractivity contribution in [2.75, 3.05) is 6.61 Å². The number of hydrogen-bond donors (Lipinski definition) is 1. The highest BCUT2D eigenvalue weighted by molar-refractivity contribution is 9.10. The number of hydrogen-bond acceptors (Lipinski definition) is 3. The molecule has 6 heteroatoms. The molecule has 2 unspecified atom stereocenters. The fourth-order valence-electron chi connectivity index (χ4n) is 1.35. The van der Waals surface area contributed by atoms with Gasteiger partial charge in [0.2, 0.25) is 10.0 Å². The molecule has 1 saturated heterocycles. The second-order valence-electron chi connectivity index (χ2n) is 3.74. The van der Waals surface area contributed by atoms with E-state index in [2.05, 4.69) is 20.7 Å². The van der Waals surface area contributed by atoms with E-state index in [1.165, 1.54) is 0 Å². The highest BCUT2D eigenvalue weighted by Crippen LogP contribution is 2.18. The molecule has 1 N–H and O–H groups in total. The van der Waals surface area contributed by atoms with E-state index in [-0.39, 0.29) is 17.0 Å². The van der Waals surface area contributed by atoms with Crippen molar-refractivity contribution in [3.05, 3.63) is 28.7 Å². The first-order valence-corrected chi connectivity index (χ1v) is 7.16. The zero-order valence-electron chi connectivity index (χ0n) is 8.68. The lowest BCUT2D eigenvalue weighted by molar-refractivity contribution is 0.370. The van der Waals surface area contributed by atoms with Crippen LogP contribution in [0.1, 0.15) is 6.92 Å². The first-order valence-electron chi connectivity index (χ1n) is 4.88. The SMILES string of the molecule is CC(NS(=O)(=O)c1ccc(Br)cc1)C1CO1. The third-order valence-electron chi connectivity index (χ3n) is 2.38. The van der Waals surface area contributed by atoms with E-state index in [1.807, 2.05) is 0 Å². The normalized spacial score (nSPS) is 21.8. The zero-order chi connectivity index (χ0) is 11.8. The maximum Gasteiger partial charge on any atom is 0.240 e. The number of benzene rings is 1. The Bertz CT molecular complexity index is 467. The second kappa shape index (κ2) is 4.44. The van der Waals surface area contributed by atoms with Gasteiger partial charge in [-0.2, -0.15) is 0 Å². The molecule has 0 aromatic heterocycles. The topological polar surface area (TPSA) is 58.7 Å². The quantitative estimate of drug-likeness (QED) is 0.858. The molecule has 16 heavy (non-hydrogen) atoms. The van der Waals surface area contributed by atoms with Crippen LogP contribution in [0.4, 0.5) is 0 Å². The summed E-state index contributed by atoms with van der Waals surface area (Å²) in [4.78, 5) is 0.267. The van der Waals surface area contributed by atoms with Crippen LogP contribution < -0.4 is 4.72 Å². The van der Waals surface area contributed by atoms with E-state index >= 15 is 0 Å². The van der Waals surface area contributed by atoms with Crippen LogP contribution in [-0.4, -0.2) is 27.2 Å². The van der Waals surface area contributed by atoms with E-state index in [0.29, 0.717) is 6.61 Å². The molecule has 2 atom stereocenters. The first kappa shape index (κ1) is 12.0. The van der Waals surface area contributed by atoms with Gasteiger partial charge < -0.3 is 4.74 Å². The van der Waals surface area contributed by atoms with Gasteiger partial charge in [-0.25, -0.2) is 13.1 Å². The molecule has 4 nitrogen and oxygen atoms in total. The third kappa shape index (κ3) is 2.82. The molecule has 0 spiro atoms. The lowest BCUT2D eigenvalue weighted by atomic mass is 10.3. The van der Waals surface area contributed by atoms with Crippen LogP contribution in [0.15, 0.2) is 33.6 Å². The summed E-state index contributed by atoms with van der Waals surface area (Å²) in [5, 5.41) is 0. The van der Waals surface area contributed by atoms with Crippen LogP contribution in [0.5, 0.6) is 0 Å². The predicted octanol–water partition coefficient (Wildman–Crippen LogP) is 1.51. The molecule has 0 radical (unpaired) electrons. The fraction of sp³-hybridized carbons (Fsp3) is 0.400. The molecule has 0 amide bonds. The Balaban J connectivity index is 2.14. The van der Waals surface area contributed by atoms with Crippen LogP contribution in [0, 0.1) is 0 Å². The van der Waals surface area contributed by atoms with Crippen molar-refractivity contribution in [1.82, 2.24) is 4.72 Å². The molecule has 1 aliphatic heterocycles. The van der Waals surface area contributed by atoms with Crippen LogP contribution in [0.3, 0.4) is 0 Å². The summed E-state index contributed by atoms with van der Waals surface area (Å²) in [6.45, 7) is 2.43. The van der Waals surface area contributed by atoms with Gasteiger partial charge in [0.05, 0.1) is 17.6 Å². The molecule has 1 aromatic rings. The van der Waals surface area contributed by atoms with Gasteiger partial charge in [-0.15, -0.1) is 0 Å². The van der Waals surface area contributed by atoms with Gasteiger partial charge in [-0.05, 0) is 31.2 Å². The predicted molar refractivity (Wildman–Crippen MR) is 63.7 cm³/mol. The molecule has 1 aliphatic rings. The fourth-order valence-corrected chi connectivity index (χ4v) is 2.88. The molecule has 0 bridgehead atoms. The second-order valence-corrected chi connectivity index (χ2v) is 6.37. The van der Waals surface area contributed by atoms with E-state index in [1.54, 1.807) is 31.2 Å². The number of epoxide rings is 1. The van der Waals surface area contributed by atoms with E-state index in [9.17, 15) is 8.42 Å². The molecule has 0 aliphatic carbocycles. The molecular formula is C10H12BrNO3S. The third-order valence-corrected chi connectivity index (χ3v) is 4.49. The van der Waals surface area contributed by atoms with Crippen LogP contribution in [0.25, 0.3) is 0 Å². The molecule has 0 saturated carbocycles. The number of ether oxygens (including phenoxy) is 1. The summed E-state index contributed by atoms with van der Waals surface area (Å²) >= 11 is 3.26. The van der Waals surface area contributed by atoms with Gasteiger partial charge in [-0.1, -0.05) is 15.9 Å². The average molecular weight is 306 g/mol. The van der Waals surface area contributed by atoms with Gasteiger partial charge in [0.15, 0.2) is 0 Å². The van der Waals surface area contributed by atoms with Crippen molar-refractivity contribution in [3.63, 3.8) is 0 Å². The van der Waals surface area contributed by atoms with Crippen molar-refractivity contribution < 1.29 is 13.2 Å². The number of rotatable bonds is 4. The minimum Gasteiger partial charge on any atom is -0.371 e. The Morgan fingerprint density at radius 3 is 2.50 bits per heavy atom. The average Bonchev–Trinajstić information content (AvgIpc) is 3.00. The Kier molecular flexibility index (Phi) is 3.34. The monoisotopic (exact) mass is 305 g/mol. The summed E-state index contributed by atoms with van der Waals surface area (Å²) in [7, 11) is -3.43. The maximum absolute atomic E-state index is 11.9. The van der Waals surface area contributed by atoms with E-state index < -0.39 is 10.0 Å². The maximum atomic E-state index is 11.9. The van der Waals surface area contributed by atoms with Gasteiger partial charge in [-0.3, -0.25) is 0 Å².